The second-order valence-electron chi connectivity index (χ2n) is 8.35. The molecule has 2 heterocycles. The first kappa shape index (κ1) is 22.5. The van der Waals surface area contributed by atoms with E-state index in [9.17, 15) is 18.0 Å². The highest BCUT2D eigenvalue weighted by molar-refractivity contribution is 7.89. The van der Waals surface area contributed by atoms with Gasteiger partial charge in [-0.25, -0.2) is 8.42 Å². The summed E-state index contributed by atoms with van der Waals surface area (Å²) < 4.78 is 27.1. The third-order valence-corrected chi connectivity index (χ3v) is 8.11. The zero-order valence-electron chi connectivity index (χ0n) is 18.3. The summed E-state index contributed by atoms with van der Waals surface area (Å²) in [6, 6.07) is 11.9. The standard InChI is InChI=1S/C24H29N3O4S/c1-2-23(28)26-15-12-18-6-9-21(16-20(18)17-26)25-24(29)19-7-10-22(11-8-19)32(30,31)27-13-4-3-5-14-27/h6-11,16H,2-5,12-15,17H2,1H3,(H,25,29). The van der Waals surface area contributed by atoms with Crippen molar-refractivity contribution in [2.75, 3.05) is 25.0 Å². The van der Waals surface area contributed by atoms with Crippen LogP contribution in [0.25, 0.3) is 0 Å². The minimum Gasteiger partial charge on any atom is -0.338 e. The Balaban J connectivity index is 1.45. The number of anilines is 1. The number of nitrogens with zero attached hydrogens (tertiary/aromatic N) is 2. The number of hydrogen-bond acceptors (Lipinski definition) is 4. The van der Waals surface area contributed by atoms with Crippen LogP contribution in [-0.4, -0.2) is 49.1 Å². The van der Waals surface area contributed by atoms with Crippen LogP contribution in [0.15, 0.2) is 47.4 Å². The molecule has 7 nitrogen and oxygen atoms in total. The molecular formula is C24H29N3O4S. The van der Waals surface area contributed by atoms with Gasteiger partial charge >= 0.3 is 0 Å². The van der Waals surface area contributed by atoms with Crippen molar-refractivity contribution in [2.24, 2.45) is 0 Å². The van der Waals surface area contributed by atoms with Crippen LogP contribution in [0.3, 0.4) is 0 Å². The number of hydrogen-bond donors (Lipinski definition) is 1. The highest BCUT2D eigenvalue weighted by Crippen LogP contribution is 2.24. The molecule has 2 amide bonds. The summed E-state index contributed by atoms with van der Waals surface area (Å²) in [6.07, 6.45) is 4.11. The maximum absolute atomic E-state index is 12.8. The van der Waals surface area contributed by atoms with E-state index in [0.717, 1.165) is 37.8 Å². The Morgan fingerprint density at radius 1 is 0.938 bits per heavy atom. The van der Waals surface area contributed by atoms with Gasteiger partial charge in [0, 0.05) is 43.9 Å². The molecule has 2 aliphatic heterocycles. The predicted octanol–water partition coefficient (Wildman–Crippen LogP) is 3.41. The van der Waals surface area contributed by atoms with Crippen molar-refractivity contribution in [3.8, 4) is 0 Å². The van der Waals surface area contributed by atoms with Crippen LogP contribution in [0.1, 0.15) is 54.1 Å². The van der Waals surface area contributed by atoms with Crippen molar-refractivity contribution in [1.82, 2.24) is 9.21 Å². The summed E-state index contributed by atoms with van der Waals surface area (Å²) in [5.41, 5.74) is 3.28. The first-order valence-corrected chi connectivity index (χ1v) is 12.6. The molecule has 32 heavy (non-hydrogen) atoms. The van der Waals surface area contributed by atoms with E-state index < -0.39 is 10.0 Å². The fraction of sp³-hybridized carbons (Fsp3) is 0.417. The Morgan fingerprint density at radius 2 is 1.66 bits per heavy atom. The van der Waals surface area contributed by atoms with Crippen LogP contribution in [-0.2, 0) is 27.8 Å². The first-order chi connectivity index (χ1) is 15.4. The molecule has 0 unspecified atom stereocenters. The van der Waals surface area contributed by atoms with Crippen LogP contribution in [0.2, 0.25) is 0 Å². The fourth-order valence-electron chi connectivity index (χ4n) is 4.31. The normalized spacial score (nSPS) is 17.0. The molecular weight excluding hydrogens is 426 g/mol. The van der Waals surface area contributed by atoms with Crippen LogP contribution >= 0.6 is 0 Å². The quantitative estimate of drug-likeness (QED) is 0.749. The molecule has 0 spiro atoms. The summed E-state index contributed by atoms with van der Waals surface area (Å²) in [5.74, 6) is -0.172. The molecule has 0 radical (unpaired) electrons. The van der Waals surface area contributed by atoms with Crippen molar-refractivity contribution in [3.63, 3.8) is 0 Å². The number of carbonyl (C=O) groups excluding carboxylic acids is 2. The summed E-state index contributed by atoms with van der Waals surface area (Å²) in [4.78, 5) is 26.8. The minimum atomic E-state index is -3.52. The van der Waals surface area contributed by atoms with Crippen LogP contribution in [0.4, 0.5) is 5.69 Å². The van der Waals surface area contributed by atoms with Crippen LogP contribution in [0, 0.1) is 0 Å². The molecule has 1 N–H and O–H groups in total. The Hall–Kier alpha value is -2.71. The number of benzene rings is 2. The SMILES string of the molecule is CCC(=O)N1CCc2ccc(NC(=O)c3ccc(S(=O)(=O)N4CCCCC4)cc3)cc2C1. The third-order valence-electron chi connectivity index (χ3n) is 6.20. The maximum atomic E-state index is 12.8. The van der Waals surface area contributed by atoms with Gasteiger partial charge in [-0.2, -0.15) is 4.31 Å². The van der Waals surface area contributed by atoms with Gasteiger partial charge < -0.3 is 10.2 Å². The maximum Gasteiger partial charge on any atom is 0.255 e. The molecule has 8 heteroatoms. The number of piperidine rings is 1. The molecule has 2 aromatic rings. The van der Waals surface area contributed by atoms with E-state index >= 15 is 0 Å². The average molecular weight is 456 g/mol. The van der Waals surface area contributed by atoms with Crippen LogP contribution < -0.4 is 5.32 Å². The molecule has 0 bridgehead atoms. The number of nitrogens with one attached hydrogen (secondary N) is 1. The second kappa shape index (κ2) is 9.42. The molecule has 0 aliphatic carbocycles. The molecule has 0 aromatic heterocycles. The minimum absolute atomic E-state index is 0.129. The van der Waals surface area contributed by atoms with Gasteiger partial charge in [-0.15, -0.1) is 0 Å². The molecule has 2 aromatic carbocycles. The van der Waals surface area contributed by atoms with E-state index in [4.69, 9.17) is 0 Å². The third kappa shape index (κ3) is 4.71. The molecule has 1 fully saturated rings. The largest absolute Gasteiger partial charge is 0.338 e. The lowest BCUT2D eigenvalue weighted by atomic mass is 9.98. The molecule has 0 atom stereocenters. The van der Waals surface area contributed by atoms with Crippen molar-refractivity contribution in [1.29, 1.82) is 0 Å². The van der Waals surface area contributed by atoms with E-state index in [1.165, 1.54) is 22.0 Å². The van der Waals surface area contributed by atoms with Gasteiger partial charge in [0.05, 0.1) is 4.90 Å². The van der Waals surface area contributed by atoms with Crippen molar-refractivity contribution >= 4 is 27.5 Å². The lowest BCUT2D eigenvalue weighted by molar-refractivity contribution is -0.131. The summed E-state index contributed by atoms with van der Waals surface area (Å²) in [6.45, 7) is 4.22. The molecule has 1 saturated heterocycles. The monoisotopic (exact) mass is 455 g/mol. The average Bonchev–Trinajstić information content (AvgIpc) is 2.83. The Morgan fingerprint density at radius 3 is 2.34 bits per heavy atom. The van der Waals surface area contributed by atoms with Gasteiger partial charge in [0.1, 0.15) is 0 Å². The topological polar surface area (TPSA) is 86.8 Å². The van der Waals surface area contributed by atoms with Crippen molar-refractivity contribution in [2.45, 2.75) is 50.5 Å². The number of carbonyl (C=O) groups is 2. The van der Waals surface area contributed by atoms with Crippen molar-refractivity contribution in [3.05, 3.63) is 59.2 Å². The lowest BCUT2D eigenvalue weighted by Crippen LogP contribution is -2.35. The number of sulfonamides is 1. The highest BCUT2D eigenvalue weighted by Gasteiger charge is 2.26. The zero-order valence-corrected chi connectivity index (χ0v) is 19.2. The second-order valence-corrected chi connectivity index (χ2v) is 10.3. The van der Waals surface area contributed by atoms with Gasteiger partial charge in [0.2, 0.25) is 15.9 Å². The number of rotatable bonds is 5. The molecule has 0 saturated carbocycles. The highest BCUT2D eigenvalue weighted by atomic mass is 32.2. The van der Waals surface area contributed by atoms with E-state index in [1.54, 1.807) is 12.1 Å². The Bertz CT molecular complexity index is 1110. The van der Waals surface area contributed by atoms with Gasteiger partial charge in [0.15, 0.2) is 0 Å². The van der Waals surface area contributed by atoms with Gasteiger partial charge in [-0.05, 0) is 66.8 Å². The van der Waals surface area contributed by atoms with Gasteiger partial charge in [-0.1, -0.05) is 19.4 Å². The Labute approximate surface area is 189 Å². The van der Waals surface area contributed by atoms with Gasteiger partial charge in [0.25, 0.3) is 5.91 Å². The zero-order chi connectivity index (χ0) is 22.7. The first-order valence-electron chi connectivity index (χ1n) is 11.2. The molecule has 2 aliphatic rings. The summed E-state index contributed by atoms with van der Waals surface area (Å²) in [7, 11) is -3.52. The molecule has 4 rings (SSSR count). The summed E-state index contributed by atoms with van der Waals surface area (Å²) >= 11 is 0. The van der Waals surface area contributed by atoms with Crippen molar-refractivity contribution < 1.29 is 18.0 Å². The number of amides is 2. The summed E-state index contributed by atoms with van der Waals surface area (Å²) in [5, 5.41) is 2.89. The lowest BCUT2D eigenvalue weighted by Gasteiger charge is -2.29. The van der Waals surface area contributed by atoms with Crippen LogP contribution in [0.5, 0.6) is 0 Å². The van der Waals surface area contributed by atoms with E-state index in [1.807, 2.05) is 30.0 Å². The number of fused-ring (bicyclic) bond motifs is 1. The Kier molecular flexibility index (Phi) is 6.62. The smallest absolute Gasteiger partial charge is 0.255 e. The van der Waals surface area contributed by atoms with Gasteiger partial charge in [-0.3, -0.25) is 9.59 Å². The van der Waals surface area contributed by atoms with E-state index in [2.05, 4.69) is 5.32 Å². The fourth-order valence-corrected chi connectivity index (χ4v) is 5.82. The molecule has 170 valence electrons. The van der Waals surface area contributed by atoms with E-state index in [0.29, 0.717) is 37.3 Å². The predicted molar refractivity (Wildman–Crippen MR) is 123 cm³/mol. The van der Waals surface area contributed by atoms with E-state index in [-0.39, 0.29) is 16.7 Å².